The second-order valence-electron chi connectivity index (χ2n) is 7.23. The van der Waals surface area contributed by atoms with Crippen LogP contribution in [-0.2, 0) is 14.6 Å². The average Bonchev–Trinajstić information content (AvgIpc) is 2.87. The summed E-state index contributed by atoms with van der Waals surface area (Å²) in [6.07, 6.45) is 6.70. The normalized spacial score (nSPS) is 22.0. The molecule has 1 aromatic rings. The SMILES string of the molecule is CS(=O)(=O)c1ccc(OCCCCC(=O)N2C3CCNCC2CC3)cc1.Cl. The Morgan fingerprint density at radius 2 is 1.85 bits per heavy atom. The predicted molar refractivity (Wildman–Crippen MR) is 107 cm³/mol. The van der Waals surface area contributed by atoms with Crippen LogP contribution in [0.15, 0.2) is 29.2 Å². The zero-order valence-corrected chi connectivity index (χ0v) is 17.4. The molecule has 2 unspecified atom stereocenters. The third-order valence-electron chi connectivity index (χ3n) is 5.25. The molecular formula is C19H29ClN2O4S. The minimum Gasteiger partial charge on any atom is -0.494 e. The summed E-state index contributed by atoms with van der Waals surface area (Å²) in [5, 5.41) is 3.42. The lowest BCUT2D eigenvalue weighted by Gasteiger charge is -2.28. The quantitative estimate of drug-likeness (QED) is 0.691. The molecule has 3 rings (SSSR count). The molecule has 27 heavy (non-hydrogen) atoms. The predicted octanol–water partition coefficient (Wildman–Crippen LogP) is 2.41. The maximum Gasteiger partial charge on any atom is 0.223 e. The van der Waals surface area contributed by atoms with Gasteiger partial charge in [-0.3, -0.25) is 4.79 Å². The molecule has 1 amide bonds. The number of benzene rings is 1. The molecule has 2 atom stereocenters. The van der Waals surface area contributed by atoms with Gasteiger partial charge in [-0.05, 0) is 62.9 Å². The van der Waals surface area contributed by atoms with Gasteiger partial charge in [-0.25, -0.2) is 8.42 Å². The van der Waals surface area contributed by atoms with Gasteiger partial charge in [0.2, 0.25) is 5.91 Å². The molecule has 6 nitrogen and oxygen atoms in total. The lowest BCUT2D eigenvalue weighted by Crippen LogP contribution is -2.42. The van der Waals surface area contributed by atoms with Crippen molar-refractivity contribution >= 4 is 28.2 Å². The number of nitrogens with zero attached hydrogens (tertiary/aromatic N) is 1. The van der Waals surface area contributed by atoms with Gasteiger partial charge in [0.25, 0.3) is 0 Å². The van der Waals surface area contributed by atoms with E-state index >= 15 is 0 Å². The highest BCUT2D eigenvalue weighted by Gasteiger charge is 2.37. The fourth-order valence-corrected chi connectivity index (χ4v) is 4.50. The van der Waals surface area contributed by atoms with Crippen LogP contribution in [0.5, 0.6) is 5.75 Å². The summed E-state index contributed by atoms with van der Waals surface area (Å²) in [6.45, 7) is 2.46. The van der Waals surface area contributed by atoms with Gasteiger partial charge in [-0.1, -0.05) is 0 Å². The van der Waals surface area contributed by atoms with Crippen molar-refractivity contribution in [2.45, 2.75) is 55.5 Å². The van der Waals surface area contributed by atoms with Crippen molar-refractivity contribution in [2.75, 3.05) is 26.0 Å². The van der Waals surface area contributed by atoms with E-state index in [0.29, 0.717) is 30.9 Å². The van der Waals surface area contributed by atoms with Crippen LogP contribution in [-0.4, -0.2) is 57.3 Å². The van der Waals surface area contributed by atoms with Crippen LogP contribution in [0.2, 0.25) is 0 Å². The van der Waals surface area contributed by atoms with Gasteiger partial charge in [0.15, 0.2) is 9.84 Å². The van der Waals surface area contributed by atoms with Crippen molar-refractivity contribution in [1.82, 2.24) is 10.2 Å². The summed E-state index contributed by atoms with van der Waals surface area (Å²) in [6, 6.07) is 7.24. The van der Waals surface area contributed by atoms with E-state index in [-0.39, 0.29) is 23.2 Å². The van der Waals surface area contributed by atoms with Gasteiger partial charge < -0.3 is 15.0 Å². The summed E-state index contributed by atoms with van der Waals surface area (Å²) < 4.78 is 28.5. The van der Waals surface area contributed by atoms with Crippen molar-refractivity contribution in [3.05, 3.63) is 24.3 Å². The van der Waals surface area contributed by atoms with Gasteiger partial charge >= 0.3 is 0 Å². The second kappa shape index (κ2) is 9.75. The molecule has 1 aromatic carbocycles. The highest BCUT2D eigenvalue weighted by molar-refractivity contribution is 7.90. The van der Waals surface area contributed by atoms with Crippen LogP contribution in [0, 0.1) is 0 Å². The molecular weight excluding hydrogens is 388 g/mol. The van der Waals surface area contributed by atoms with Crippen LogP contribution in [0.1, 0.15) is 38.5 Å². The number of sulfone groups is 1. The van der Waals surface area contributed by atoms with E-state index in [1.165, 1.54) is 6.26 Å². The van der Waals surface area contributed by atoms with Gasteiger partial charge in [0.1, 0.15) is 5.75 Å². The zero-order valence-electron chi connectivity index (χ0n) is 15.7. The first-order valence-electron chi connectivity index (χ1n) is 9.40. The monoisotopic (exact) mass is 416 g/mol. The number of amides is 1. The third kappa shape index (κ3) is 5.83. The number of ether oxygens (including phenoxy) is 1. The van der Waals surface area contributed by atoms with Crippen molar-refractivity contribution in [2.24, 2.45) is 0 Å². The van der Waals surface area contributed by atoms with E-state index in [1.807, 2.05) is 0 Å². The molecule has 0 aliphatic carbocycles. The van der Waals surface area contributed by atoms with E-state index < -0.39 is 9.84 Å². The van der Waals surface area contributed by atoms with Crippen molar-refractivity contribution in [1.29, 1.82) is 0 Å². The minimum absolute atomic E-state index is 0. The first-order valence-corrected chi connectivity index (χ1v) is 11.3. The molecule has 8 heteroatoms. The fourth-order valence-electron chi connectivity index (χ4n) is 3.87. The molecule has 0 aromatic heterocycles. The summed E-state index contributed by atoms with van der Waals surface area (Å²) >= 11 is 0. The molecule has 0 spiro atoms. The lowest BCUT2D eigenvalue weighted by atomic mass is 10.1. The summed E-state index contributed by atoms with van der Waals surface area (Å²) in [5.74, 6) is 0.930. The molecule has 1 N–H and O–H groups in total. The lowest BCUT2D eigenvalue weighted by molar-refractivity contribution is -0.133. The number of fused-ring (bicyclic) bond motifs is 2. The standard InChI is InChI=1S/C19H28N2O4S.ClH/c1-26(23,24)18-9-7-17(8-10-18)25-13-3-2-4-19(22)21-15-5-6-16(21)14-20-12-11-15;/h7-10,15-16,20H,2-6,11-14H2,1H3;1H. The fraction of sp³-hybridized carbons (Fsp3) is 0.632. The van der Waals surface area contributed by atoms with Crippen LogP contribution in [0.3, 0.4) is 0 Å². The van der Waals surface area contributed by atoms with Crippen LogP contribution < -0.4 is 10.1 Å². The molecule has 0 radical (unpaired) electrons. The van der Waals surface area contributed by atoms with Gasteiger partial charge in [-0.15, -0.1) is 12.4 Å². The minimum atomic E-state index is -3.18. The van der Waals surface area contributed by atoms with E-state index in [2.05, 4.69) is 10.2 Å². The Morgan fingerprint density at radius 1 is 1.15 bits per heavy atom. The first kappa shape index (κ1) is 22.0. The number of halogens is 1. The maximum atomic E-state index is 12.6. The van der Waals surface area contributed by atoms with Crippen molar-refractivity contribution in [3.8, 4) is 5.75 Å². The largest absolute Gasteiger partial charge is 0.494 e. The van der Waals surface area contributed by atoms with Gasteiger partial charge in [0.05, 0.1) is 11.5 Å². The Labute approximate surface area is 168 Å². The highest BCUT2D eigenvalue weighted by atomic mass is 35.5. The Bertz CT molecular complexity index is 710. The molecule has 2 heterocycles. The molecule has 2 aliphatic rings. The Morgan fingerprint density at radius 3 is 2.56 bits per heavy atom. The Kier molecular flexibility index (Phi) is 7.94. The van der Waals surface area contributed by atoms with E-state index in [1.54, 1.807) is 24.3 Å². The molecule has 2 saturated heterocycles. The van der Waals surface area contributed by atoms with Crippen LogP contribution in [0.25, 0.3) is 0 Å². The number of hydrogen-bond donors (Lipinski definition) is 1. The Balaban J connectivity index is 0.00000261. The highest BCUT2D eigenvalue weighted by Crippen LogP contribution is 2.28. The number of carbonyl (C=O) groups is 1. The molecule has 2 fully saturated rings. The number of carbonyl (C=O) groups excluding carboxylic acids is 1. The van der Waals surface area contributed by atoms with Crippen molar-refractivity contribution < 1.29 is 17.9 Å². The number of unbranched alkanes of at least 4 members (excludes halogenated alkanes) is 1. The molecule has 0 saturated carbocycles. The topological polar surface area (TPSA) is 75.7 Å². The van der Waals surface area contributed by atoms with Gasteiger partial charge in [-0.2, -0.15) is 0 Å². The van der Waals surface area contributed by atoms with E-state index in [9.17, 15) is 13.2 Å². The van der Waals surface area contributed by atoms with Crippen LogP contribution >= 0.6 is 12.4 Å². The average molecular weight is 417 g/mol. The van der Waals surface area contributed by atoms with Gasteiger partial charge in [0, 0.05) is 31.3 Å². The molecule has 2 bridgehead atoms. The number of hydrogen-bond acceptors (Lipinski definition) is 5. The molecule has 2 aliphatic heterocycles. The third-order valence-corrected chi connectivity index (χ3v) is 6.38. The first-order chi connectivity index (χ1) is 12.4. The summed E-state index contributed by atoms with van der Waals surface area (Å²) in [4.78, 5) is 15.0. The van der Waals surface area contributed by atoms with Crippen molar-refractivity contribution in [3.63, 3.8) is 0 Å². The number of rotatable bonds is 7. The van der Waals surface area contributed by atoms with E-state index in [4.69, 9.17) is 4.74 Å². The summed E-state index contributed by atoms with van der Waals surface area (Å²) in [5.41, 5.74) is 0. The van der Waals surface area contributed by atoms with Crippen LogP contribution in [0.4, 0.5) is 0 Å². The Hall–Kier alpha value is -1.31. The zero-order chi connectivity index (χ0) is 18.6. The molecule has 152 valence electrons. The smallest absolute Gasteiger partial charge is 0.223 e. The number of nitrogens with one attached hydrogen (secondary N) is 1. The maximum absolute atomic E-state index is 12.6. The second-order valence-corrected chi connectivity index (χ2v) is 9.24. The summed E-state index contributed by atoms with van der Waals surface area (Å²) in [7, 11) is -3.18. The van der Waals surface area contributed by atoms with E-state index in [0.717, 1.165) is 45.2 Å².